The summed E-state index contributed by atoms with van der Waals surface area (Å²) in [5, 5.41) is 3.43. The van der Waals surface area contributed by atoms with Gasteiger partial charge in [0.05, 0.1) is 6.04 Å². The van der Waals surface area contributed by atoms with Gasteiger partial charge in [-0.15, -0.1) is 0 Å². The van der Waals surface area contributed by atoms with Crippen LogP contribution in [0.15, 0.2) is 16.8 Å². The molecule has 0 bridgehead atoms. The minimum Gasteiger partial charge on any atom is -0.334 e. The molecule has 13 heavy (non-hydrogen) atoms. The van der Waals surface area contributed by atoms with E-state index in [1.54, 1.807) is 0 Å². The SMILES string of the molecule is C1=C2NC3=NCCCN3C2CCC1. The van der Waals surface area contributed by atoms with E-state index in [0.717, 1.165) is 12.5 Å². The monoisotopic (exact) mass is 177 g/mol. The van der Waals surface area contributed by atoms with E-state index in [-0.39, 0.29) is 0 Å². The summed E-state index contributed by atoms with van der Waals surface area (Å²) in [6.45, 7) is 2.19. The van der Waals surface area contributed by atoms with E-state index in [1.165, 1.54) is 37.9 Å². The molecule has 0 aromatic rings. The van der Waals surface area contributed by atoms with Crippen molar-refractivity contribution in [3.63, 3.8) is 0 Å². The van der Waals surface area contributed by atoms with Gasteiger partial charge in [-0.1, -0.05) is 6.08 Å². The van der Waals surface area contributed by atoms with Gasteiger partial charge in [0.25, 0.3) is 0 Å². The van der Waals surface area contributed by atoms with Crippen molar-refractivity contribution in [2.45, 2.75) is 31.7 Å². The van der Waals surface area contributed by atoms with E-state index >= 15 is 0 Å². The average molecular weight is 177 g/mol. The molecule has 0 spiro atoms. The van der Waals surface area contributed by atoms with Gasteiger partial charge in [-0.25, -0.2) is 0 Å². The molecule has 1 fully saturated rings. The summed E-state index contributed by atoms with van der Waals surface area (Å²) in [6, 6.07) is 0.632. The van der Waals surface area contributed by atoms with Gasteiger partial charge in [0.15, 0.2) is 5.96 Å². The van der Waals surface area contributed by atoms with Gasteiger partial charge in [-0.05, 0) is 25.7 Å². The van der Waals surface area contributed by atoms with Crippen molar-refractivity contribution in [1.29, 1.82) is 0 Å². The number of hydrogen-bond donors (Lipinski definition) is 1. The minimum atomic E-state index is 0.632. The summed E-state index contributed by atoms with van der Waals surface area (Å²) in [4.78, 5) is 6.95. The van der Waals surface area contributed by atoms with Gasteiger partial charge in [-0.3, -0.25) is 4.99 Å². The molecule has 0 aromatic carbocycles. The first kappa shape index (κ1) is 7.42. The third-order valence-corrected chi connectivity index (χ3v) is 3.13. The first-order chi connectivity index (χ1) is 6.45. The van der Waals surface area contributed by atoms with Crippen LogP contribution in [0, 0.1) is 0 Å². The smallest absolute Gasteiger partial charge is 0.198 e. The van der Waals surface area contributed by atoms with Crippen LogP contribution in [0.4, 0.5) is 0 Å². The molecule has 1 N–H and O–H groups in total. The fourth-order valence-electron chi connectivity index (χ4n) is 2.48. The summed E-state index contributed by atoms with van der Waals surface area (Å²) in [7, 11) is 0. The molecule has 1 aliphatic carbocycles. The van der Waals surface area contributed by atoms with E-state index in [0.29, 0.717) is 6.04 Å². The van der Waals surface area contributed by atoms with Crippen LogP contribution in [0.25, 0.3) is 0 Å². The topological polar surface area (TPSA) is 27.6 Å². The Morgan fingerprint density at radius 1 is 1.46 bits per heavy atom. The Balaban J connectivity index is 1.94. The molecule has 3 rings (SSSR count). The van der Waals surface area contributed by atoms with Crippen LogP contribution in [0.5, 0.6) is 0 Å². The lowest BCUT2D eigenvalue weighted by molar-refractivity contribution is 0.325. The summed E-state index contributed by atoms with van der Waals surface area (Å²) in [5.74, 6) is 1.13. The van der Waals surface area contributed by atoms with Gasteiger partial charge >= 0.3 is 0 Å². The number of hydrogen-bond acceptors (Lipinski definition) is 3. The highest BCUT2D eigenvalue weighted by atomic mass is 15.4. The fourth-order valence-corrected chi connectivity index (χ4v) is 2.48. The lowest BCUT2D eigenvalue weighted by atomic mass is 9.99. The van der Waals surface area contributed by atoms with Crippen molar-refractivity contribution in [2.75, 3.05) is 13.1 Å². The molecule has 3 nitrogen and oxygen atoms in total. The van der Waals surface area contributed by atoms with Crippen LogP contribution in [0.1, 0.15) is 25.7 Å². The second-order valence-corrected chi connectivity index (χ2v) is 3.98. The third-order valence-electron chi connectivity index (χ3n) is 3.13. The van der Waals surface area contributed by atoms with Gasteiger partial charge in [0.2, 0.25) is 0 Å². The standard InChI is InChI=1S/C10H15N3/c1-2-5-9-8(4-1)12-10-11-6-3-7-13(9)10/h4,9H,1-3,5-7H2,(H,11,12). The summed E-state index contributed by atoms with van der Waals surface area (Å²) < 4.78 is 0. The molecule has 1 saturated heterocycles. The second kappa shape index (κ2) is 2.76. The van der Waals surface area contributed by atoms with Gasteiger partial charge in [0, 0.05) is 18.8 Å². The number of rotatable bonds is 0. The Bertz CT molecular complexity index is 252. The van der Waals surface area contributed by atoms with E-state index in [9.17, 15) is 0 Å². The fraction of sp³-hybridized carbons (Fsp3) is 0.700. The quantitative estimate of drug-likeness (QED) is 0.599. The van der Waals surface area contributed by atoms with Crippen LogP contribution in [-0.2, 0) is 0 Å². The normalized spacial score (nSPS) is 31.4. The highest BCUT2D eigenvalue weighted by Gasteiger charge is 2.34. The minimum absolute atomic E-state index is 0.632. The highest BCUT2D eigenvalue weighted by molar-refractivity contribution is 5.86. The predicted molar refractivity (Wildman–Crippen MR) is 52.5 cm³/mol. The molecule has 0 saturated carbocycles. The van der Waals surface area contributed by atoms with E-state index < -0.39 is 0 Å². The van der Waals surface area contributed by atoms with Crippen LogP contribution >= 0.6 is 0 Å². The Labute approximate surface area is 78.5 Å². The number of aliphatic imine (C=N–C) groups is 1. The van der Waals surface area contributed by atoms with E-state index in [4.69, 9.17) is 0 Å². The van der Waals surface area contributed by atoms with Crippen molar-refractivity contribution in [2.24, 2.45) is 4.99 Å². The Kier molecular flexibility index (Phi) is 1.57. The van der Waals surface area contributed by atoms with Gasteiger partial charge < -0.3 is 10.2 Å². The zero-order valence-corrected chi connectivity index (χ0v) is 7.79. The van der Waals surface area contributed by atoms with E-state index in [2.05, 4.69) is 21.3 Å². The molecule has 0 aromatic heterocycles. The molecule has 2 aliphatic heterocycles. The zero-order chi connectivity index (χ0) is 8.67. The average Bonchev–Trinajstić information content (AvgIpc) is 2.56. The summed E-state index contributed by atoms with van der Waals surface area (Å²) in [6.07, 6.45) is 7.43. The van der Waals surface area contributed by atoms with Crippen LogP contribution in [0.3, 0.4) is 0 Å². The van der Waals surface area contributed by atoms with Gasteiger partial charge in [-0.2, -0.15) is 0 Å². The Hall–Kier alpha value is -0.990. The Morgan fingerprint density at radius 3 is 3.46 bits per heavy atom. The lowest BCUT2D eigenvalue weighted by Crippen LogP contribution is -2.39. The highest BCUT2D eigenvalue weighted by Crippen LogP contribution is 2.28. The molecule has 3 aliphatic rings. The van der Waals surface area contributed by atoms with Gasteiger partial charge in [0.1, 0.15) is 0 Å². The molecule has 2 heterocycles. The number of allylic oxidation sites excluding steroid dienone is 1. The predicted octanol–water partition coefficient (Wildman–Crippen LogP) is 1.09. The third kappa shape index (κ3) is 1.06. The maximum absolute atomic E-state index is 4.51. The maximum Gasteiger partial charge on any atom is 0.198 e. The molecule has 0 radical (unpaired) electrons. The number of nitrogens with one attached hydrogen (secondary N) is 1. The zero-order valence-electron chi connectivity index (χ0n) is 7.79. The van der Waals surface area contributed by atoms with Crippen LogP contribution in [0.2, 0.25) is 0 Å². The molecular formula is C10H15N3. The summed E-state index contributed by atoms with van der Waals surface area (Å²) in [5.41, 5.74) is 1.41. The molecule has 1 unspecified atom stereocenters. The van der Waals surface area contributed by atoms with Crippen molar-refractivity contribution in [1.82, 2.24) is 10.2 Å². The molecule has 0 amide bonds. The lowest BCUT2D eigenvalue weighted by Gasteiger charge is -2.28. The largest absolute Gasteiger partial charge is 0.334 e. The molecular weight excluding hydrogens is 162 g/mol. The molecule has 1 atom stereocenters. The Morgan fingerprint density at radius 2 is 2.46 bits per heavy atom. The van der Waals surface area contributed by atoms with Crippen LogP contribution < -0.4 is 5.32 Å². The van der Waals surface area contributed by atoms with Crippen molar-refractivity contribution in [3.8, 4) is 0 Å². The van der Waals surface area contributed by atoms with Crippen molar-refractivity contribution >= 4 is 5.96 Å². The number of nitrogens with zero attached hydrogens (tertiary/aromatic N) is 2. The first-order valence-corrected chi connectivity index (χ1v) is 5.23. The summed E-state index contributed by atoms with van der Waals surface area (Å²) >= 11 is 0. The van der Waals surface area contributed by atoms with E-state index in [1.807, 2.05) is 0 Å². The number of fused-ring (bicyclic) bond motifs is 3. The van der Waals surface area contributed by atoms with Crippen molar-refractivity contribution in [3.05, 3.63) is 11.8 Å². The van der Waals surface area contributed by atoms with Crippen LogP contribution in [-0.4, -0.2) is 30.0 Å². The molecule has 3 heteroatoms. The number of guanidine groups is 1. The first-order valence-electron chi connectivity index (χ1n) is 5.23. The second-order valence-electron chi connectivity index (χ2n) is 3.98. The maximum atomic E-state index is 4.51. The van der Waals surface area contributed by atoms with Crippen molar-refractivity contribution < 1.29 is 0 Å². The molecule has 70 valence electrons.